The van der Waals surface area contributed by atoms with Crippen molar-refractivity contribution in [1.82, 2.24) is 9.55 Å². The van der Waals surface area contributed by atoms with Gasteiger partial charge in [-0.3, -0.25) is 4.57 Å². The molecule has 0 spiro atoms. The van der Waals surface area contributed by atoms with Gasteiger partial charge in [0, 0.05) is 21.1 Å². The smallest absolute Gasteiger partial charge is 0.292 e. The molecule has 0 unspecified atom stereocenters. The zero-order valence-corrected chi connectivity index (χ0v) is 15.6. The molecule has 0 atom stereocenters. The fraction of sp³-hybridized carbons (Fsp3) is 0.111. The van der Waals surface area contributed by atoms with Crippen LogP contribution in [0, 0.1) is 0 Å². The highest BCUT2D eigenvalue weighted by molar-refractivity contribution is 9.10. The molecule has 23 heavy (non-hydrogen) atoms. The van der Waals surface area contributed by atoms with Gasteiger partial charge in [0.1, 0.15) is 0 Å². The molecule has 0 N–H and O–H groups in total. The number of hydrogen-bond donors (Lipinski definition) is 0. The van der Waals surface area contributed by atoms with Gasteiger partial charge >= 0.3 is 5.69 Å². The van der Waals surface area contributed by atoms with Crippen molar-refractivity contribution in [2.75, 3.05) is 0 Å². The monoisotopic (exact) mass is 432 g/mol. The van der Waals surface area contributed by atoms with Gasteiger partial charge in [0.15, 0.2) is 0 Å². The van der Waals surface area contributed by atoms with E-state index in [1.165, 1.54) is 0 Å². The Labute approximate surface area is 151 Å². The third kappa shape index (κ3) is 3.46. The average Bonchev–Trinajstić information content (AvgIpc) is 2.54. The Kier molecular flexibility index (Phi) is 4.78. The Bertz CT molecular complexity index is 919. The Hall–Kier alpha value is -1.72. The molecule has 116 valence electrons. The third-order valence-corrected chi connectivity index (χ3v) is 4.55. The second kappa shape index (κ2) is 6.81. The van der Waals surface area contributed by atoms with E-state index in [2.05, 4.69) is 36.8 Å². The molecular formula is C18H14Br2N2O. The molecule has 0 aliphatic rings. The van der Waals surface area contributed by atoms with Crippen LogP contribution >= 0.6 is 31.9 Å². The molecule has 5 heteroatoms. The molecule has 0 fully saturated rings. The van der Waals surface area contributed by atoms with Gasteiger partial charge in [-0.2, -0.15) is 4.98 Å². The number of aromatic nitrogens is 2. The quantitative estimate of drug-likeness (QED) is 0.574. The molecule has 0 saturated carbocycles. The third-order valence-electron chi connectivity index (χ3n) is 3.57. The topological polar surface area (TPSA) is 34.9 Å². The molecule has 1 aromatic heterocycles. The van der Waals surface area contributed by atoms with Crippen LogP contribution in [0.5, 0.6) is 0 Å². The van der Waals surface area contributed by atoms with Crippen LogP contribution in [0.25, 0.3) is 22.5 Å². The zero-order valence-electron chi connectivity index (χ0n) is 12.5. The van der Waals surface area contributed by atoms with Crippen LogP contribution in [0.15, 0.2) is 68.3 Å². The van der Waals surface area contributed by atoms with E-state index in [9.17, 15) is 4.79 Å². The first-order chi connectivity index (χ1) is 11.1. The van der Waals surface area contributed by atoms with Crippen molar-refractivity contribution >= 4 is 31.9 Å². The fourth-order valence-corrected chi connectivity index (χ4v) is 3.29. The lowest BCUT2D eigenvalue weighted by molar-refractivity contribution is 0.709. The van der Waals surface area contributed by atoms with E-state index in [1.807, 2.05) is 61.5 Å². The Morgan fingerprint density at radius 1 is 0.957 bits per heavy atom. The van der Waals surface area contributed by atoms with Crippen molar-refractivity contribution in [2.24, 2.45) is 0 Å². The van der Waals surface area contributed by atoms with Crippen molar-refractivity contribution in [3.05, 3.63) is 74.0 Å². The first-order valence-electron chi connectivity index (χ1n) is 7.22. The summed E-state index contributed by atoms with van der Waals surface area (Å²) in [4.78, 5) is 16.7. The zero-order chi connectivity index (χ0) is 16.4. The lowest BCUT2D eigenvalue weighted by Crippen LogP contribution is -2.24. The van der Waals surface area contributed by atoms with Gasteiger partial charge < -0.3 is 0 Å². The maximum absolute atomic E-state index is 12.4. The number of benzene rings is 2. The van der Waals surface area contributed by atoms with E-state index in [-0.39, 0.29) is 5.69 Å². The van der Waals surface area contributed by atoms with E-state index >= 15 is 0 Å². The minimum atomic E-state index is -0.236. The molecule has 0 bridgehead atoms. The summed E-state index contributed by atoms with van der Waals surface area (Å²) in [5.41, 5.74) is 3.20. The first kappa shape index (κ1) is 16.1. The summed E-state index contributed by atoms with van der Waals surface area (Å²) in [6.45, 7) is 2.52. The molecule has 0 saturated heterocycles. The fourth-order valence-electron chi connectivity index (χ4n) is 2.49. The summed E-state index contributed by atoms with van der Waals surface area (Å²) in [6.07, 6.45) is 0. The normalized spacial score (nSPS) is 10.7. The molecule has 3 aromatic rings. The number of hydrogen-bond acceptors (Lipinski definition) is 2. The second-order valence-corrected chi connectivity index (χ2v) is 6.91. The standard InChI is InChI=1S/C18H14Br2N2O/c1-2-22-17(13-6-4-8-15(20)10-13)11-16(21-18(22)23)12-5-3-7-14(19)9-12/h3-11H,2H2,1H3. The molecule has 0 aliphatic carbocycles. The van der Waals surface area contributed by atoms with Crippen LogP contribution in [0.4, 0.5) is 0 Å². The highest BCUT2D eigenvalue weighted by Gasteiger charge is 2.11. The minimum absolute atomic E-state index is 0.236. The van der Waals surface area contributed by atoms with Crippen molar-refractivity contribution in [2.45, 2.75) is 13.5 Å². The largest absolute Gasteiger partial charge is 0.348 e. The van der Waals surface area contributed by atoms with Gasteiger partial charge in [0.2, 0.25) is 0 Å². The summed E-state index contributed by atoms with van der Waals surface area (Å²) in [7, 11) is 0. The van der Waals surface area contributed by atoms with Crippen LogP contribution in [0.2, 0.25) is 0 Å². The molecule has 0 aliphatic heterocycles. The van der Waals surface area contributed by atoms with Crippen molar-refractivity contribution in [1.29, 1.82) is 0 Å². The van der Waals surface area contributed by atoms with Crippen molar-refractivity contribution in [3.8, 4) is 22.5 Å². The van der Waals surface area contributed by atoms with Crippen LogP contribution in [0.3, 0.4) is 0 Å². The lowest BCUT2D eigenvalue weighted by atomic mass is 10.1. The maximum atomic E-state index is 12.4. The Morgan fingerprint density at radius 3 is 2.17 bits per heavy atom. The van der Waals surface area contributed by atoms with Crippen LogP contribution in [-0.4, -0.2) is 9.55 Å². The van der Waals surface area contributed by atoms with E-state index in [4.69, 9.17) is 0 Å². The lowest BCUT2D eigenvalue weighted by Gasteiger charge is -2.13. The molecule has 3 rings (SSSR count). The second-order valence-electron chi connectivity index (χ2n) is 5.07. The van der Waals surface area contributed by atoms with E-state index in [1.54, 1.807) is 4.57 Å². The number of halogens is 2. The Morgan fingerprint density at radius 2 is 1.57 bits per heavy atom. The van der Waals surface area contributed by atoms with Crippen LogP contribution in [-0.2, 0) is 6.54 Å². The van der Waals surface area contributed by atoms with Crippen LogP contribution < -0.4 is 5.69 Å². The molecule has 3 nitrogen and oxygen atoms in total. The number of rotatable bonds is 3. The maximum Gasteiger partial charge on any atom is 0.348 e. The van der Waals surface area contributed by atoms with Crippen molar-refractivity contribution < 1.29 is 0 Å². The summed E-state index contributed by atoms with van der Waals surface area (Å²) in [5.74, 6) is 0. The molecule has 0 amide bonds. The molecule has 2 aromatic carbocycles. The number of nitrogens with zero attached hydrogens (tertiary/aromatic N) is 2. The van der Waals surface area contributed by atoms with Gasteiger partial charge in [-0.05, 0) is 42.8 Å². The van der Waals surface area contributed by atoms with E-state index < -0.39 is 0 Å². The van der Waals surface area contributed by atoms with Gasteiger partial charge in [0.25, 0.3) is 0 Å². The summed E-state index contributed by atoms with van der Waals surface area (Å²) in [6, 6.07) is 17.7. The van der Waals surface area contributed by atoms with E-state index in [0.29, 0.717) is 12.2 Å². The summed E-state index contributed by atoms with van der Waals surface area (Å²) >= 11 is 6.95. The minimum Gasteiger partial charge on any atom is -0.292 e. The van der Waals surface area contributed by atoms with Crippen LogP contribution in [0.1, 0.15) is 6.92 Å². The van der Waals surface area contributed by atoms with Gasteiger partial charge in [0.05, 0.1) is 11.4 Å². The summed E-state index contributed by atoms with van der Waals surface area (Å²) in [5, 5.41) is 0. The average molecular weight is 434 g/mol. The predicted octanol–water partition coefficient (Wildman–Crippen LogP) is 5.12. The van der Waals surface area contributed by atoms with Gasteiger partial charge in [-0.15, -0.1) is 0 Å². The molecular weight excluding hydrogens is 420 g/mol. The van der Waals surface area contributed by atoms with Gasteiger partial charge in [-0.25, -0.2) is 4.79 Å². The summed E-state index contributed by atoms with van der Waals surface area (Å²) < 4.78 is 3.62. The molecule has 0 radical (unpaired) electrons. The SMILES string of the molecule is CCn1c(-c2cccc(Br)c2)cc(-c2cccc(Br)c2)nc1=O. The predicted molar refractivity (Wildman–Crippen MR) is 100 cm³/mol. The molecule has 1 heterocycles. The van der Waals surface area contributed by atoms with E-state index in [0.717, 1.165) is 25.8 Å². The first-order valence-corrected chi connectivity index (χ1v) is 8.81. The highest BCUT2D eigenvalue weighted by Crippen LogP contribution is 2.27. The van der Waals surface area contributed by atoms with Gasteiger partial charge in [-0.1, -0.05) is 56.1 Å². The Balaban J connectivity index is 2.24. The highest BCUT2D eigenvalue weighted by atomic mass is 79.9. The van der Waals surface area contributed by atoms with Crippen molar-refractivity contribution in [3.63, 3.8) is 0 Å².